The molecule has 0 bridgehead atoms. The third-order valence-electron chi connectivity index (χ3n) is 3.81. The number of carbonyl (C=O) groups is 1. The van der Waals surface area contributed by atoms with Crippen molar-refractivity contribution in [2.24, 2.45) is 0 Å². The number of carboxylic acids is 1. The van der Waals surface area contributed by atoms with Crippen LogP contribution < -0.4 is 0 Å². The van der Waals surface area contributed by atoms with Gasteiger partial charge in [-0.15, -0.1) is 0 Å². The van der Waals surface area contributed by atoms with Gasteiger partial charge in [-0.1, -0.05) is 11.6 Å². The molecule has 1 atom stereocenters. The molecule has 1 aromatic rings. The average Bonchev–Trinajstić information content (AvgIpc) is 2.42. The first-order valence-corrected chi connectivity index (χ1v) is 7.91. The number of benzene rings is 1. The Bertz CT molecular complexity index is 547. The van der Waals surface area contributed by atoms with Gasteiger partial charge in [0.05, 0.1) is 19.3 Å². The fraction of sp³-hybridized carbons (Fsp3) is 0.562. The molecule has 0 radical (unpaired) electrons. The molecule has 1 saturated heterocycles. The van der Waals surface area contributed by atoms with Gasteiger partial charge in [0.15, 0.2) is 0 Å². The molecule has 0 aromatic heterocycles. The largest absolute Gasteiger partial charge is 0.480 e. The van der Waals surface area contributed by atoms with E-state index in [1.165, 1.54) is 6.07 Å². The van der Waals surface area contributed by atoms with Crippen LogP contribution in [0.5, 0.6) is 0 Å². The molecular weight excluding hydrogens is 323 g/mol. The van der Waals surface area contributed by atoms with Crippen molar-refractivity contribution in [3.63, 3.8) is 0 Å². The summed E-state index contributed by atoms with van der Waals surface area (Å²) in [4.78, 5) is 14.5. The molecule has 23 heavy (non-hydrogen) atoms. The lowest BCUT2D eigenvalue weighted by molar-refractivity contribution is -0.138. The predicted octanol–water partition coefficient (Wildman–Crippen LogP) is 2.00. The van der Waals surface area contributed by atoms with Gasteiger partial charge in [0.1, 0.15) is 5.82 Å². The Morgan fingerprint density at radius 2 is 2.30 bits per heavy atom. The van der Waals surface area contributed by atoms with Crippen LogP contribution in [0.2, 0.25) is 5.02 Å². The van der Waals surface area contributed by atoms with E-state index in [0.717, 1.165) is 5.56 Å². The monoisotopic (exact) mass is 344 g/mol. The number of aliphatic carboxylic acids is 1. The van der Waals surface area contributed by atoms with Gasteiger partial charge in [0.25, 0.3) is 0 Å². The number of rotatable bonds is 6. The quantitative estimate of drug-likeness (QED) is 0.855. The van der Waals surface area contributed by atoms with Gasteiger partial charge in [-0.25, -0.2) is 4.39 Å². The van der Waals surface area contributed by atoms with E-state index >= 15 is 0 Å². The topological polar surface area (TPSA) is 53.0 Å². The number of likely N-dealkylation sites (N-methyl/N-ethyl adjacent to an activating group) is 1. The highest BCUT2D eigenvalue weighted by Gasteiger charge is 2.24. The van der Waals surface area contributed by atoms with Crippen LogP contribution in [0, 0.1) is 12.7 Å². The first-order chi connectivity index (χ1) is 10.8. The number of halogens is 2. The lowest BCUT2D eigenvalue weighted by atomic mass is 10.1. The highest BCUT2D eigenvalue weighted by atomic mass is 35.5. The minimum absolute atomic E-state index is 0.0295. The number of hydrogen-bond donors (Lipinski definition) is 1. The Kier molecular flexibility index (Phi) is 6.35. The number of ether oxygens (including phenoxy) is 1. The maximum atomic E-state index is 14.1. The predicted molar refractivity (Wildman–Crippen MR) is 86.3 cm³/mol. The number of carboxylic acid groups (broad SMARTS) is 1. The van der Waals surface area contributed by atoms with Crippen molar-refractivity contribution < 1.29 is 19.0 Å². The summed E-state index contributed by atoms with van der Waals surface area (Å²) in [5.74, 6) is -1.16. The van der Waals surface area contributed by atoms with Crippen LogP contribution in [0.25, 0.3) is 0 Å². The summed E-state index contributed by atoms with van der Waals surface area (Å²) in [5, 5.41) is 9.23. The van der Waals surface area contributed by atoms with Crippen molar-refractivity contribution in [2.45, 2.75) is 19.6 Å². The standard InChI is InChI=1S/C16H22ClFN2O3/c1-11-5-14(17)13(15(18)6-11)9-20-3-4-23-12(8-20)7-19(2)10-16(21)22/h5-6,12H,3-4,7-10H2,1-2H3,(H,21,22). The van der Waals surface area contributed by atoms with Crippen molar-refractivity contribution in [3.8, 4) is 0 Å². The van der Waals surface area contributed by atoms with Gasteiger partial charge in [-0.05, 0) is 31.7 Å². The van der Waals surface area contributed by atoms with E-state index in [4.69, 9.17) is 21.4 Å². The van der Waals surface area contributed by atoms with Crippen LogP contribution in [0.4, 0.5) is 4.39 Å². The van der Waals surface area contributed by atoms with Crippen molar-refractivity contribution in [2.75, 3.05) is 39.8 Å². The molecule has 5 nitrogen and oxygen atoms in total. The number of hydrogen-bond acceptors (Lipinski definition) is 4. The lowest BCUT2D eigenvalue weighted by Gasteiger charge is -2.34. The minimum atomic E-state index is -0.867. The van der Waals surface area contributed by atoms with E-state index in [1.54, 1.807) is 18.0 Å². The molecule has 1 N–H and O–H groups in total. The van der Waals surface area contributed by atoms with Gasteiger partial charge in [-0.3, -0.25) is 14.6 Å². The van der Waals surface area contributed by atoms with Crippen LogP contribution in [0.3, 0.4) is 0 Å². The smallest absolute Gasteiger partial charge is 0.317 e. The summed E-state index contributed by atoms with van der Waals surface area (Å²) in [6.45, 7) is 4.58. The van der Waals surface area contributed by atoms with Gasteiger partial charge in [0, 0.05) is 36.8 Å². The SMILES string of the molecule is Cc1cc(F)c(CN2CCOC(CN(C)CC(=O)O)C2)c(Cl)c1. The molecule has 1 aromatic carbocycles. The highest BCUT2D eigenvalue weighted by Crippen LogP contribution is 2.23. The second kappa shape index (κ2) is 8.06. The normalized spacial score (nSPS) is 19.3. The fourth-order valence-electron chi connectivity index (χ4n) is 2.78. The number of morpholine rings is 1. The Balaban J connectivity index is 1.95. The summed E-state index contributed by atoms with van der Waals surface area (Å²) >= 11 is 6.16. The van der Waals surface area contributed by atoms with E-state index in [9.17, 15) is 9.18 Å². The summed E-state index contributed by atoms with van der Waals surface area (Å²) in [6.07, 6.45) is -0.0969. The second-order valence-corrected chi connectivity index (χ2v) is 6.43. The van der Waals surface area contributed by atoms with E-state index in [-0.39, 0.29) is 18.5 Å². The molecule has 0 spiro atoms. The van der Waals surface area contributed by atoms with E-state index in [1.807, 2.05) is 6.92 Å². The van der Waals surface area contributed by atoms with Crippen molar-refractivity contribution in [1.82, 2.24) is 9.80 Å². The molecule has 1 aliphatic rings. The molecular formula is C16H22ClFN2O3. The summed E-state index contributed by atoms with van der Waals surface area (Å²) < 4.78 is 19.8. The molecule has 1 aliphatic heterocycles. The fourth-order valence-corrected chi connectivity index (χ4v) is 3.10. The van der Waals surface area contributed by atoms with Crippen LogP contribution in [0.15, 0.2) is 12.1 Å². The Morgan fingerprint density at radius 1 is 1.57 bits per heavy atom. The molecule has 2 rings (SSSR count). The maximum Gasteiger partial charge on any atom is 0.317 e. The summed E-state index contributed by atoms with van der Waals surface area (Å²) in [7, 11) is 1.74. The van der Waals surface area contributed by atoms with Crippen LogP contribution in [-0.2, 0) is 16.1 Å². The van der Waals surface area contributed by atoms with Gasteiger partial charge in [0.2, 0.25) is 0 Å². The lowest BCUT2D eigenvalue weighted by Crippen LogP contribution is -2.47. The van der Waals surface area contributed by atoms with Gasteiger partial charge < -0.3 is 9.84 Å². The molecule has 128 valence electrons. The van der Waals surface area contributed by atoms with Crippen molar-refractivity contribution in [3.05, 3.63) is 34.1 Å². The third-order valence-corrected chi connectivity index (χ3v) is 4.15. The highest BCUT2D eigenvalue weighted by molar-refractivity contribution is 6.31. The van der Waals surface area contributed by atoms with Crippen LogP contribution in [0.1, 0.15) is 11.1 Å². The maximum absolute atomic E-state index is 14.1. The molecule has 1 unspecified atom stereocenters. The van der Waals surface area contributed by atoms with Gasteiger partial charge >= 0.3 is 5.97 Å². The van der Waals surface area contributed by atoms with E-state index < -0.39 is 5.97 Å². The third kappa shape index (κ3) is 5.42. The number of aryl methyl sites for hydroxylation is 1. The average molecular weight is 345 g/mol. The number of nitrogens with zero attached hydrogens (tertiary/aromatic N) is 2. The van der Waals surface area contributed by atoms with Crippen LogP contribution >= 0.6 is 11.6 Å². The van der Waals surface area contributed by atoms with Crippen molar-refractivity contribution >= 4 is 17.6 Å². The first-order valence-electron chi connectivity index (χ1n) is 7.54. The molecule has 0 aliphatic carbocycles. The van der Waals surface area contributed by atoms with Gasteiger partial charge in [-0.2, -0.15) is 0 Å². The molecule has 1 heterocycles. The zero-order valence-corrected chi connectivity index (χ0v) is 14.1. The zero-order chi connectivity index (χ0) is 17.0. The molecule has 0 saturated carbocycles. The Morgan fingerprint density at radius 3 is 2.96 bits per heavy atom. The zero-order valence-electron chi connectivity index (χ0n) is 13.4. The summed E-state index contributed by atoms with van der Waals surface area (Å²) in [6, 6.07) is 3.25. The Labute approximate surface area is 140 Å². The van der Waals surface area contributed by atoms with E-state index in [2.05, 4.69) is 4.90 Å². The molecule has 1 fully saturated rings. The Hall–Kier alpha value is -1.21. The van der Waals surface area contributed by atoms with E-state index in [0.29, 0.717) is 43.4 Å². The first kappa shape index (κ1) is 18.1. The van der Waals surface area contributed by atoms with Crippen molar-refractivity contribution in [1.29, 1.82) is 0 Å². The summed E-state index contributed by atoms with van der Waals surface area (Å²) in [5.41, 5.74) is 1.29. The minimum Gasteiger partial charge on any atom is -0.480 e. The molecule has 7 heteroatoms. The second-order valence-electron chi connectivity index (χ2n) is 6.03. The molecule has 0 amide bonds. The van der Waals surface area contributed by atoms with Crippen LogP contribution in [-0.4, -0.2) is 66.8 Å².